The lowest BCUT2D eigenvalue weighted by molar-refractivity contribution is -0.127. The number of sulfonamides is 1. The van der Waals surface area contributed by atoms with Crippen molar-refractivity contribution in [3.8, 4) is 0 Å². The number of hydrogen-bond donors (Lipinski definition) is 1. The Labute approximate surface area is 199 Å². The Balaban J connectivity index is 1.23. The van der Waals surface area contributed by atoms with E-state index in [2.05, 4.69) is 15.5 Å². The molecule has 1 amide bonds. The third-order valence-corrected chi connectivity index (χ3v) is 8.71. The number of aromatic nitrogens is 2. The van der Waals surface area contributed by atoms with Crippen LogP contribution >= 0.6 is 0 Å². The van der Waals surface area contributed by atoms with Crippen LogP contribution < -0.4 is 5.32 Å². The summed E-state index contributed by atoms with van der Waals surface area (Å²) in [4.78, 5) is 17.8. The van der Waals surface area contributed by atoms with Crippen molar-refractivity contribution in [2.45, 2.75) is 56.4 Å². The fourth-order valence-electron chi connectivity index (χ4n) is 4.50. The molecule has 1 N–H and O–H groups in total. The van der Waals surface area contributed by atoms with Crippen LogP contribution in [0.5, 0.6) is 0 Å². The number of rotatable bonds is 7. The molecule has 34 heavy (non-hydrogen) atoms. The molecule has 0 bridgehead atoms. The molecule has 5 rings (SSSR count). The molecule has 1 aliphatic heterocycles. The largest absolute Gasteiger partial charge is 0.344 e. The van der Waals surface area contributed by atoms with Crippen LogP contribution in [0.15, 0.2) is 51.9 Å². The van der Waals surface area contributed by atoms with E-state index in [4.69, 9.17) is 4.52 Å². The lowest BCUT2D eigenvalue weighted by Crippen LogP contribution is -2.44. The third-order valence-electron chi connectivity index (χ3n) is 6.81. The van der Waals surface area contributed by atoms with Gasteiger partial charge in [-0.1, -0.05) is 49.3 Å². The van der Waals surface area contributed by atoms with Crippen molar-refractivity contribution in [1.29, 1.82) is 0 Å². The second-order valence-electron chi connectivity index (χ2n) is 9.68. The normalized spacial score (nSPS) is 18.9. The number of fused-ring (bicyclic) bond motifs is 1. The Morgan fingerprint density at radius 2 is 1.76 bits per heavy atom. The molecule has 3 aromatic rings. The van der Waals surface area contributed by atoms with Gasteiger partial charge in [0, 0.05) is 24.9 Å². The summed E-state index contributed by atoms with van der Waals surface area (Å²) < 4.78 is 33.4. The molecule has 180 valence electrons. The van der Waals surface area contributed by atoms with E-state index in [0.29, 0.717) is 37.7 Å². The smallest absolute Gasteiger partial charge is 0.249 e. The lowest BCUT2D eigenvalue weighted by atomic mass is 9.95. The maximum absolute atomic E-state index is 13.2. The second kappa shape index (κ2) is 9.11. The molecule has 1 saturated carbocycles. The van der Waals surface area contributed by atoms with Gasteiger partial charge in [-0.25, -0.2) is 8.42 Å². The number of piperidine rings is 1. The highest BCUT2D eigenvalue weighted by Gasteiger charge is 2.35. The van der Waals surface area contributed by atoms with Crippen molar-refractivity contribution in [1.82, 2.24) is 19.8 Å². The molecular weight excluding hydrogens is 452 g/mol. The zero-order valence-electron chi connectivity index (χ0n) is 19.5. The highest BCUT2D eigenvalue weighted by molar-refractivity contribution is 7.89. The summed E-state index contributed by atoms with van der Waals surface area (Å²) in [5, 5.41) is 9.05. The van der Waals surface area contributed by atoms with Crippen LogP contribution in [-0.4, -0.2) is 41.9 Å². The van der Waals surface area contributed by atoms with Crippen LogP contribution in [0.25, 0.3) is 10.8 Å². The number of nitrogens with zero attached hydrogens (tertiary/aromatic N) is 3. The summed E-state index contributed by atoms with van der Waals surface area (Å²) in [6.07, 6.45) is 3.11. The molecule has 1 aromatic heterocycles. The molecule has 1 aliphatic carbocycles. The van der Waals surface area contributed by atoms with Crippen molar-refractivity contribution < 1.29 is 17.7 Å². The van der Waals surface area contributed by atoms with Gasteiger partial charge in [0.25, 0.3) is 0 Å². The first-order valence-corrected chi connectivity index (χ1v) is 13.4. The SMILES string of the molecule is CC(C)C(NC(=O)C1CCN(S(=O)(=O)c2ccc3ccccc3c2)CC1)c1nc(C2CC2)no1. The number of nitrogens with one attached hydrogen (secondary N) is 1. The monoisotopic (exact) mass is 482 g/mol. The second-order valence-corrected chi connectivity index (χ2v) is 11.6. The van der Waals surface area contributed by atoms with Gasteiger partial charge in [0.15, 0.2) is 5.82 Å². The maximum Gasteiger partial charge on any atom is 0.249 e. The van der Waals surface area contributed by atoms with Gasteiger partial charge >= 0.3 is 0 Å². The Morgan fingerprint density at radius 1 is 1.06 bits per heavy atom. The number of carbonyl (C=O) groups excluding carboxylic acids is 1. The highest BCUT2D eigenvalue weighted by Crippen LogP contribution is 2.39. The van der Waals surface area contributed by atoms with E-state index in [1.54, 1.807) is 12.1 Å². The lowest BCUT2D eigenvalue weighted by Gasteiger charge is -2.31. The Bertz CT molecular complexity index is 1290. The summed E-state index contributed by atoms with van der Waals surface area (Å²) >= 11 is 0. The minimum atomic E-state index is -3.61. The quantitative estimate of drug-likeness (QED) is 0.545. The van der Waals surface area contributed by atoms with Crippen molar-refractivity contribution in [3.63, 3.8) is 0 Å². The van der Waals surface area contributed by atoms with Crippen molar-refractivity contribution >= 4 is 26.7 Å². The zero-order chi connectivity index (χ0) is 23.9. The van der Waals surface area contributed by atoms with Gasteiger partial charge in [0.05, 0.1) is 4.90 Å². The van der Waals surface area contributed by atoms with Gasteiger partial charge in [-0.15, -0.1) is 0 Å². The summed E-state index contributed by atoms with van der Waals surface area (Å²) in [7, 11) is -3.61. The van der Waals surface area contributed by atoms with Crippen molar-refractivity contribution in [2.75, 3.05) is 13.1 Å². The van der Waals surface area contributed by atoms with Crippen molar-refractivity contribution in [3.05, 3.63) is 54.2 Å². The molecular formula is C25H30N4O4S. The van der Waals surface area contributed by atoms with E-state index in [1.807, 2.05) is 44.2 Å². The van der Waals surface area contributed by atoms with E-state index < -0.39 is 10.0 Å². The first kappa shape index (κ1) is 23.0. The predicted molar refractivity (Wildman–Crippen MR) is 127 cm³/mol. The van der Waals surface area contributed by atoms with E-state index >= 15 is 0 Å². The summed E-state index contributed by atoms with van der Waals surface area (Å²) in [6.45, 7) is 4.63. The molecule has 2 aliphatic rings. The molecule has 8 nitrogen and oxygen atoms in total. The molecule has 1 unspecified atom stereocenters. The van der Waals surface area contributed by atoms with E-state index in [0.717, 1.165) is 29.4 Å². The van der Waals surface area contributed by atoms with Gasteiger partial charge in [0.2, 0.25) is 21.8 Å². The third kappa shape index (κ3) is 4.59. The van der Waals surface area contributed by atoms with E-state index in [9.17, 15) is 13.2 Å². The topological polar surface area (TPSA) is 105 Å². The number of carbonyl (C=O) groups is 1. The average molecular weight is 483 g/mol. The zero-order valence-corrected chi connectivity index (χ0v) is 20.3. The molecule has 0 radical (unpaired) electrons. The van der Waals surface area contributed by atoms with Gasteiger partial charge in [-0.2, -0.15) is 9.29 Å². The summed E-state index contributed by atoms with van der Waals surface area (Å²) in [5.74, 6) is 1.30. The first-order chi connectivity index (χ1) is 16.3. The van der Waals surface area contributed by atoms with Gasteiger partial charge in [0.1, 0.15) is 6.04 Å². The summed E-state index contributed by atoms with van der Waals surface area (Å²) in [6, 6.07) is 12.6. The van der Waals surface area contributed by atoms with Crippen LogP contribution in [0.4, 0.5) is 0 Å². The maximum atomic E-state index is 13.2. The standard InChI is InChI=1S/C25H30N4O4S/c1-16(2)22(25-27-23(28-33-25)18-7-8-18)26-24(30)19-11-13-29(14-12-19)34(31,32)21-10-9-17-5-3-4-6-20(17)15-21/h3-6,9-10,15-16,18-19,22H,7-8,11-14H2,1-2H3,(H,26,30). The molecule has 2 fully saturated rings. The van der Waals surface area contributed by atoms with Crippen LogP contribution in [0, 0.1) is 11.8 Å². The molecule has 0 spiro atoms. The molecule has 1 atom stereocenters. The minimum absolute atomic E-state index is 0.0878. The number of benzene rings is 2. The van der Waals surface area contributed by atoms with E-state index in [1.165, 1.54) is 4.31 Å². The predicted octanol–water partition coefficient (Wildman–Crippen LogP) is 4.01. The molecule has 1 saturated heterocycles. The molecule has 2 aromatic carbocycles. The fraction of sp³-hybridized carbons (Fsp3) is 0.480. The van der Waals surface area contributed by atoms with Gasteiger partial charge in [-0.05, 0) is 54.5 Å². The van der Waals surface area contributed by atoms with Crippen LogP contribution in [0.3, 0.4) is 0 Å². The minimum Gasteiger partial charge on any atom is -0.344 e. The average Bonchev–Trinajstić information content (AvgIpc) is 3.59. The van der Waals surface area contributed by atoms with Crippen LogP contribution in [0.1, 0.15) is 63.2 Å². The Morgan fingerprint density at radius 3 is 2.44 bits per heavy atom. The summed E-state index contributed by atoms with van der Waals surface area (Å²) in [5.41, 5.74) is 0. The van der Waals surface area contributed by atoms with Crippen LogP contribution in [-0.2, 0) is 14.8 Å². The fourth-order valence-corrected chi connectivity index (χ4v) is 6.01. The van der Waals surface area contributed by atoms with Gasteiger partial charge in [-0.3, -0.25) is 4.79 Å². The van der Waals surface area contributed by atoms with Crippen molar-refractivity contribution in [2.24, 2.45) is 11.8 Å². The van der Waals surface area contributed by atoms with Gasteiger partial charge < -0.3 is 9.84 Å². The number of hydrogen-bond acceptors (Lipinski definition) is 6. The Hall–Kier alpha value is -2.78. The first-order valence-electron chi connectivity index (χ1n) is 12.0. The molecule has 2 heterocycles. The van der Waals surface area contributed by atoms with E-state index in [-0.39, 0.29) is 28.7 Å². The number of amides is 1. The highest BCUT2D eigenvalue weighted by atomic mass is 32.2. The Kier molecular flexibility index (Phi) is 6.16. The molecule has 9 heteroatoms. The van der Waals surface area contributed by atoms with Crippen LogP contribution in [0.2, 0.25) is 0 Å².